The van der Waals surface area contributed by atoms with Crippen LogP contribution in [0.4, 0.5) is 11.4 Å². The molecule has 174 valence electrons. The maximum absolute atomic E-state index is 6.53. The molecule has 8 nitrogen and oxygen atoms in total. The van der Waals surface area contributed by atoms with E-state index < -0.39 is 0 Å². The van der Waals surface area contributed by atoms with Gasteiger partial charge in [-0.05, 0) is 44.7 Å². The Kier molecular flexibility index (Phi) is 6.71. The Morgan fingerprint density at radius 3 is 2.64 bits per heavy atom. The Balaban J connectivity index is 1.25. The molecule has 1 aliphatic heterocycles. The van der Waals surface area contributed by atoms with Crippen LogP contribution in [0.2, 0.25) is 0 Å². The third kappa shape index (κ3) is 5.27. The molecule has 0 spiro atoms. The second kappa shape index (κ2) is 10.2. The highest BCUT2D eigenvalue weighted by Crippen LogP contribution is 2.33. The Bertz CT molecular complexity index is 1060. The van der Waals surface area contributed by atoms with Crippen LogP contribution in [0.1, 0.15) is 32.6 Å². The van der Waals surface area contributed by atoms with Crippen LogP contribution in [0.15, 0.2) is 42.9 Å². The number of nitrogens with one attached hydrogen (secondary N) is 1. The van der Waals surface area contributed by atoms with Crippen LogP contribution < -0.4 is 19.7 Å². The van der Waals surface area contributed by atoms with Crippen molar-refractivity contribution in [3.63, 3.8) is 0 Å². The van der Waals surface area contributed by atoms with E-state index in [0.717, 1.165) is 80.1 Å². The van der Waals surface area contributed by atoms with Crippen molar-refractivity contribution in [1.82, 2.24) is 15.0 Å². The summed E-state index contributed by atoms with van der Waals surface area (Å²) in [6.45, 7) is 5.83. The topological polar surface area (TPSA) is 81.6 Å². The predicted molar refractivity (Wildman–Crippen MR) is 128 cm³/mol. The Morgan fingerprint density at radius 2 is 1.82 bits per heavy atom. The van der Waals surface area contributed by atoms with Crippen molar-refractivity contribution in [1.29, 1.82) is 0 Å². The number of aromatic nitrogens is 3. The molecule has 2 fully saturated rings. The van der Waals surface area contributed by atoms with Gasteiger partial charge >= 0.3 is 0 Å². The highest BCUT2D eigenvalue weighted by atomic mass is 16.5. The van der Waals surface area contributed by atoms with E-state index in [1.54, 1.807) is 18.6 Å². The molecule has 0 atom stereocenters. The minimum absolute atomic E-state index is 0.171. The molecule has 1 aliphatic carbocycles. The van der Waals surface area contributed by atoms with Crippen LogP contribution in [0.25, 0.3) is 11.0 Å². The van der Waals surface area contributed by atoms with Crippen molar-refractivity contribution in [3.05, 3.63) is 42.9 Å². The summed E-state index contributed by atoms with van der Waals surface area (Å²) in [6, 6.07) is 8.60. The molecular formula is C25H31N5O3. The normalized spacial score (nSPS) is 21.1. The molecule has 3 heterocycles. The number of nitrogens with zero attached hydrogens (tertiary/aromatic N) is 4. The molecule has 0 amide bonds. The standard InChI is InChI=1S/C25H31N5O3/c1-2-32-24-15-19(7-8-27-24)29-18-3-5-21(6-4-18)33-23-17-20(30-11-13-31-14-12-30)16-22-25(23)28-10-9-26-22/h7-10,15-18,21H,2-6,11-14H2,1H3,(H,27,29). The lowest BCUT2D eigenvalue weighted by molar-refractivity contribution is 0.122. The number of pyridine rings is 1. The molecule has 0 unspecified atom stereocenters. The summed E-state index contributed by atoms with van der Waals surface area (Å²) in [7, 11) is 0. The minimum atomic E-state index is 0.171. The number of hydrogen-bond acceptors (Lipinski definition) is 8. The second-order valence-electron chi connectivity index (χ2n) is 8.52. The highest BCUT2D eigenvalue weighted by Gasteiger charge is 2.24. The summed E-state index contributed by atoms with van der Waals surface area (Å²) in [5.74, 6) is 1.49. The number of benzene rings is 1. The predicted octanol–water partition coefficient (Wildman–Crippen LogP) is 4.06. The lowest BCUT2D eigenvalue weighted by Gasteiger charge is -2.31. The van der Waals surface area contributed by atoms with E-state index in [9.17, 15) is 0 Å². The monoisotopic (exact) mass is 449 g/mol. The lowest BCUT2D eigenvalue weighted by Crippen LogP contribution is -2.36. The molecule has 5 rings (SSSR count). The molecule has 1 N–H and O–H groups in total. The number of hydrogen-bond donors (Lipinski definition) is 1. The molecule has 0 radical (unpaired) electrons. The van der Waals surface area contributed by atoms with E-state index in [2.05, 4.69) is 37.3 Å². The van der Waals surface area contributed by atoms with Gasteiger partial charge in [-0.15, -0.1) is 0 Å². The first-order valence-electron chi connectivity index (χ1n) is 11.9. The molecule has 1 aromatic carbocycles. The fourth-order valence-corrected chi connectivity index (χ4v) is 4.59. The highest BCUT2D eigenvalue weighted by molar-refractivity contribution is 5.85. The summed E-state index contributed by atoms with van der Waals surface area (Å²) in [6.07, 6.45) is 9.50. The Hall–Kier alpha value is -3.13. The first-order valence-corrected chi connectivity index (χ1v) is 11.9. The van der Waals surface area contributed by atoms with Gasteiger partial charge < -0.3 is 24.4 Å². The van der Waals surface area contributed by atoms with Crippen LogP contribution in [0.5, 0.6) is 11.6 Å². The molecule has 1 saturated carbocycles. The summed E-state index contributed by atoms with van der Waals surface area (Å²) in [4.78, 5) is 15.7. The fraction of sp³-hybridized carbons (Fsp3) is 0.480. The summed E-state index contributed by atoms with van der Waals surface area (Å²) in [5, 5.41) is 3.63. The van der Waals surface area contributed by atoms with Crippen LogP contribution >= 0.6 is 0 Å². The van der Waals surface area contributed by atoms with Crippen molar-refractivity contribution < 1.29 is 14.2 Å². The number of anilines is 2. The quantitative estimate of drug-likeness (QED) is 0.578. The third-order valence-corrected chi connectivity index (χ3v) is 6.27. The van der Waals surface area contributed by atoms with Crippen molar-refractivity contribution in [3.8, 4) is 11.6 Å². The van der Waals surface area contributed by atoms with E-state index in [-0.39, 0.29) is 6.10 Å². The SMILES string of the molecule is CCOc1cc(NC2CCC(Oc3cc(N4CCOCC4)cc4nccnc34)CC2)ccn1. The summed E-state index contributed by atoms with van der Waals surface area (Å²) >= 11 is 0. The number of morpholine rings is 1. The van der Waals surface area contributed by atoms with Crippen LogP contribution in [-0.2, 0) is 4.74 Å². The summed E-state index contributed by atoms with van der Waals surface area (Å²) < 4.78 is 17.6. The second-order valence-corrected chi connectivity index (χ2v) is 8.52. The largest absolute Gasteiger partial charge is 0.488 e. The number of rotatable bonds is 7. The molecule has 8 heteroatoms. The molecule has 2 aliphatic rings. The fourth-order valence-electron chi connectivity index (χ4n) is 4.59. The van der Waals surface area contributed by atoms with Crippen molar-refractivity contribution >= 4 is 22.4 Å². The number of fused-ring (bicyclic) bond motifs is 1. The van der Waals surface area contributed by atoms with Gasteiger partial charge in [0.2, 0.25) is 5.88 Å². The van der Waals surface area contributed by atoms with E-state index in [1.807, 2.05) is 19.1 Å². The summed E-state index contributed by atoms with van der Waals surface area (Å²) in [5.41, 5.74) is 3.88. The zero-order chi connectivity index (χ0) is 22.5. The van der Waals surface area contributed by atoms with Gasteiger partial charge in [-0.25, -0.2) is 9.97 Å². The van der Waals surface area contributed by atoms with Crippen molar-refractivity contribution in [2.75, 3.05) is 43.1 Å². The molecule has 1 saturated heterocycles. The Labute approximate surface area is 194 Å². The first kappa shape index (κ1) is 21.7. The maximum atomic E-state index is 6.53. The lowest BCUT2D eigenvalue weighted by atomic mass is 9.92. The van der Waals surface area contributed by atoms with E-state index in [4.69, 9.17) is 14.2 Å². The van der Waals surface area contributed by atoms with Gasteiger partial charge in [-0.1, -0.05) is 0 Å². The van der Waals surface area contributed by atoms with Crippen LogP contribution in [0.3, 0.4) is 0 Å². The van der Waals surface area contributed by atoms with Gasteiger partial charge in [-0.2, -0.15) is 0 Å². The maximum Gasteiger partial charge on any atom is 0.215 e. The zero-order valence-electron chi connectivity index (χ0n) is 19.1. The van der Waals surface area contributed by atoms with E-state index in [0.29, 0.717) is 18.5 Å². The first-order chi connectivity index (χ1) is 16.3. The average molecular weight is 450 g/mol. The van der Waals surface area contributed by atoms with Gasteiger partial charge in [0.1, 0.15) is 11.3 Å². The molecular weight excluding hydrogens is 418 g/mol. The van der Waals surface area contributed by atoms with Crippen molar-refractivity contribution in [2.24, 2.45) is 0 Å². The Morgan fingerprint density at radius 1 is 1.00 bits per heavy atom. The molecule has 33 heavy (non-hydrogen) atoms. The van der Waals surface area contributed by atoms with Crippen LogP contribution in [0, 0.1) is 0 Å². The van der Waals surface area contributed by atoms with Gasteiger partial charge in [0, 0.05) is 61.2 Å². The van der Waals surface area contributed by atoms with E-state index in [1.165, 1.54) is 0 Å². The van der Waals surface area contributed by atoms with Crippen LogP contribution in [-0.4, -0.2) is 60.0 Å². The zero-order valence-corrected chi connectivity index (χ0v) is 19.1. The smallest absolute Gasteiger partial charge is 0.215 e. The molecule has 3 aromatic rings. The van der Waals surface area contributed by atoms with Gasteiger partial charge in [0.05, 0.1) is 31.4 Å². The average Bonchev–Trinajstić information content (AvgIpc) is 2.86. The number of ether oxygens (including phenoxy) is 3. The van der Waals surface area contributed by atoms with Gasteiger partial charge in [-0.3, -0.25) is 4.98 Å². The molecule has 0 bridgehead atoms. The van der Waals surface area contributed by atoms with Gasteiger partial charge in [0.15, 0.2) is 0 Å². The van der Waals surface area contributed by atoms with Crippen molar-refractivity contribution in [2.45, 2.75) is 44.8 Å². The van der Waals surface area contributed by atoms with E-state index >= 15 is 0 Å². The minimum Gasteiger partial charge on any atom is -0.488 e. The molecule has 2 aromatic heterocycles. The third-order valence-electron chi connectivity index (χ3n) is 6.27. The van der Waals surface area contributed by atoms with Gasteiger partial charge in [0.25, 0.3) is 0 Å².